The third-order valence-electron chi connectivity index (χ3n) is 2.73. The van der Waals surface area contributed by atoms with Gasteiger partial charge in [-0.25, -0.2) is 4.79 Å². The minimum atomic E-state index is -0.458. The molecule has 0 aliphatic heterocycles. The first-order chi connectivity index (χ1) is 9.11. The Labute approximate surface area is 122 Å². The number of carbonyl (C=O) groups excluding carboxylic acids is 2. The number of rotatable bonds is 8. The summed E-state index contributed by atoms with van der Waals surface area (Å²) in [7, 11) is 0. The van der Waals surface area contributed by atoms with Crippen LogP contribution in [0.1, 0.15) is 53.9 Å². The Morgan fingerprint density at radius 1 is 1.15 bits per heavy atom. The molecule has 0 aromatic rings. The number of hydrogen-bond acceptors (Lipinski definition) is 4. The highest BCUT2D eigenvalue weighted by molar-refractivity contribution is 5.86. The molecule has 20 heavy (non-hydrogen) atoms. The molecule has 0 aliphatic carbocycles. The van der Waals surface area contributed by atoms with Crippen molar-refractivity contribution in [3.05, 3.63) is 12.2 Å². The molecule has 0 fully saturated rings. The van der Waals surface area contributed by atoms with Crippen molar-refractivity contribution in [1.29, 1.82) is 0 Å². The molecule has 4 heteroatoms. The fraction of sp³-hybridized carbons (Fsp3) is 0.750. The van der Waals surface area contributed by atoms with E-state index < -0.39 is 5.97 Å². The van der Waals surface area contributed by atoms with Gasteiger partial charge in [0.1, 0.15) is 13.2 Å². The van der Waals surface area contributed by atoms with Crippen LogP contribution in [0.5, 0.6) is 0 Å². The van der Waals surface area contributed by atoms with Gasteiger partial charge in [-0.2, -0.15) is 0 Å². The van der Waals surface area contributed by atoms with Crippen molar-refractivity contribution in [3.63, 3.8) is 0 Å². The van der Waals surface area contributed by atoms with E-state index in [1.165, 1.54) is 0 Å². The maximum absolute atomic E-state index is 11.5. The second-order valence-corrected chi connectivity index (χ2v) is 6.55. The summed E-state index contributed by atoms with van der Waals surface area (Å²) in [5.41, 5.74) is 0.618. The highest BCUT2D eigenvalue weighted by atomic mass is 16.6. The Kier molecular flexibility index (Phi) is 8.19. The molecule has 0 saturated carbocycles. The van der Waals surface area contributed by atoms with Crippen LogP contribution in [0.25, 0.3) is 0 Å². The maximum atomic E-state index is 11.5. The zero-order valence-electron chi connectivity index (χ0n) is 13.5. The lowest BCUT2D eigenvalue weighted by molar-refractivity contribution is -0.150. The normalized spacial score (nSPS) is 12.7. The number of hydrogen-bond donors (Lipinski definition) is 0. The third-order valence-corrected chi connectivity index (χ3v) is 2.73. The van der Waals surface area contributed by atoms with E-state index in [1.54, 1.807) is 6.92 Å². The molecule has 0 heterocycles. The Bertz CT molecular complexity index is 339. The average Bonchev–Trinajstić information content (AvgIpc) is 2.29. The van der Waals surface area contributed by atoms with Crippen LogP contribution >= 0.6 is 0 Å². The van der Waals surface area contributed by atoms with E-state index in [0.29, 0.717) is 17.9 Å². The molecule has 0 spiro atoms. The molecule has 116 valence electrons. The molecule has 0 N–H and O–H groups in total. The van der Waals surface area contributed by atoms with Gasteiger partial charge in [-0.05, 0) is 31.1 Å². The Balaban J connectivity index is 3.69. The molecule has 0 radical (unpaired) electrons. The van der Waals surface area contributed by atoms with Crippen molar-refractivity contribution in [2.75, 3.05) is 13.2 Å². The molecule has 0 aromatic carbocycles. The number of esters is 2. The van der Waals surface area contributed by atoms with E-state index in [4.69, 9.17) is 9.47 Å². The van der Waals surface area contributed by atoms with E-state index >= 15 is 0 Å². The number of ether oxygens (including phenoxy) is 2. The fourth-order valence-electron chi connectivity index (χ4n) is 2.00. The predicted molar refractivity (Wildman–Crippen MR) is 79.2 cm³/mol. The van der Waals surface area contributed by atoms with Crippen LogP contribution in [-0.2, 0) is 19.1 Å². The topological polar surface area (TPSA) is 52.6 Å². The molecule has 4 nitrogen and oxygen atoms in total. The van der Waals surface area contributed by atoms with Crippen LogP contribution in [0, 0.1) is 11.3 Å². The smallest absolute Gasteiger partial charge is 0.333 e. The van der Waals surface area contributed by atoms with E-state index in [-0.39, 0.29) is 24.6 Å². The minimum absolute atomic E-state index is 0.0784. The molecule has 1 unspecified atom stereocenters. The van der Waals surface area contributed by atoms with Gasteiger partial charge in [0.25, 0.3) is 0 Å². The lowest BCUT2D eigenvalue weighted by Crippen LogP contribution is -2.16. The van der Waals surface area contributed by atoms with Gasteiger partial charge >= 0.3 is 11.9 Å². The van der Waals surface area contributed by atoms with Gasteiger partial charge in [0.2, 0.25) is 0 Å². The van der Waals surface area contributed by atoms with Gasteiger partial charge in [0, 0.05) is 12.0 Å². The van der Waals surface area contributed by atoms with Crippen LogP contribution in [0.4, 0.5) is 0 Å². The predicted octanol–water partition coefficient (Wildman–Crippen LogP) is 3.50. The van der Waals surface area contributed by atoms with Crippen molar-refractivity contribution in [3.8, 4) is 0 Å². The third kappa shape index (κ3) is 10.6. The van der Waals surface area contributed by atoms with Crippen LogP contribution < -0.4 is 0 Å². The highest BCUT2D eigenvalue weighted by Gasteiger charge is 2.16. The molecule has 0 amide bonds. The Morgan fingerprint density at radius 3 is 2.20 bits per heavy atom. The summed E-state index contributed by atoms with van der Waals surface area (Å²) >= 11 is 0. The first-order valence-corrected chi connectivity index (χ1v) is 7.10. The molecule has 0 saturated heterocycles. The molecule has 0 aliphatic rings. The van der Waals surface area contributed by atoms with Gasteiger partial charge in [0.05, 0.1) is 0 Å². The fourth-order valence-corrected chi connectivity index (χ4v) is 2.00. The summed E-state index contributed by atoms with van der Waals surface area (Å²) in [5, 5.41) is 0. The van der Waals surface area contributed by atoms with Crippen LogP contribution in [-0.4, -0.2) is 25.2 Å². The summed E-state index contributed by atoms with van der Waals surface area (Å²) in [6.07, 6.45) is 2.31. The van der Waals surface area contributed by atoms with E-state index in [1.807, 2.05) is 0 Å². The SMILES string of the molecule is C=C(C)C(=O)OCCOC(=O)CCC(C)CC(C)(C)C. The standard InChI is InChI=1S/C16H28O4/c1-12(2)15(18)20-10-9-19-14(17)8-7-13(3)11-16(4,5)6/h13H,1,7-11H2,2-6H3. The molecule has 0 aromatic heterocycles. The molecular formula is C16H28O4. The summed E-state index contributed by atoms with van der Waals surface area (Å²) in [6, 6.07) is 0. The van der Waals surface area contributed by atoms with Crippen LogP contribution in [0.3, 0.4) is 0 Å². The first kappa shape index (κ1) is 18.7. The van der Waals surface area contributed by atoms with Crippen LogP contribution in [0.2, 0.25) is 0 Å². The van der Waals surface area contributed by atoms with Crippen molar-refractivity contribution in [1.82, 2.24) is 0 Å². The highest BCUT2D eigenvalue weighted by Crippen LogP contribution is 2.26. The summed E-state index contributed by atoms with van der Waals surface area (Å²) in [4.78, 5) is 22.6. The van der Waals surface area contributed by atoms with E-state index in [9.17, 15) is 9.59 Å². The first-order valence-electron chi connectivity index (χ1n) is 7.10. The summed E-state index contributed by atoms with van der Waals surface area (Å²) in [5.74, 6) is -0.208. The monoisotopic (exact) mass is 284 g/mol. The van der Waals surface area contributed by atoms with Crippen LogP contribution in [0.15, 0.2) is 12.2 Å². The van der Waals surface area contributed by atoms with Crippen molar-refractivity contribution >= 4 is 11.9 Å². The lowest BCUT2D eigenvalue weighted by atomic mass is 9.84. The van der Waals surface area contributed by atoms with Gasteiger partial charge in [-0.15, -0.1) is 0 Å². The van der Waals surface area contributed by atoms with Crippen molar-refractivity contribution in [2.24, 2.45) is 11.3 Å². The second kappa shape index (κ2) is 8.77. The Morgan fingerprint density at radius 2 is 1.70 bits per heavy atom. The molecule has 0 rings (SSSR count). The van der Waals surface area contributed by atoms with Gasteiger partial charge < -0.3 is 9.47 Å². The summed E-state index contributed by atoms with van der Waals surface area (Å²) < 4.78 is 9.84. The zero-order chi connectivity index (χ0) is 15.8. The average molecular weight is 284 g/mol. The van der Waals surface area contributed by atoms with Gasteiger partial charge in [0.15, 0.2) is 0 Å². The van der Waals surface area contributed by atoms with Gasteiger partial charge in [-0.1, -0.05) is 34.3 Å². The Hall–Kier alpha value is -1.32. The lowest BCUT2D eigenvalue weighted by Gasteiger charge is -2.22. The maximum Gasteiger partial charge on any atom is 0.333 e. The number of carbonyl (C=O) groups is 2. The van der Waals surface area contributed by atoms with E-state index in [2.05, 4.69) is 34.3 Å². The van der Waals surface area contributed by atoms with Gasteiger partial charge in [-0.3, -0.25) is 4.79 Å². The summed E-state index contributed by atoms with van der Waals surface area (Å²) in [6.45, 7) is 13.9. The molecule has 0 bridgehead atoms. The minimum Gasteiger partial charge on any atom is -0.462 e. The quantitative estimate of drug-likeness (QED) is 0.389. The second-order valence-electron chi connectivity index (χ2n) is 6.55. The largest absolute Gasteiger partial charge is 0.462 e. The molecular weight excluding hydrogens is 256 g/mol. The van der Waals surface area contributed by atoms with Crippen molar-refractivity contribution < 1.29 is 19.1 Å². The zero-order valence-corrected chi connectivity index (χ0v) is 13.5. The van der Waals surface area contributed by atoms with E-state index in [0.717, 1.165) is 12.8 Å². The molecule has 1 atom stereocenters. The van der Waals surface area contributed by atoms with Crippen molar-refractivity contribution in [2.45, 2.75) is 53.9 Å².